The van der Waals surface area contributed by atoms with Crippen LogP contribution in [0.2, 0.25) is 0 Å². The third-order valence-corrected chi connectivity index (χ3v) is 5.00. The molecule has 0 radical (unpaired) electrons. The van der Waals surface area contributed by atoms with E-state index in [4.69, 9.17) is 18.9 Å². The van der Waals surface area contributed by atoms with Crippen molar-refractivity contribution < 1.29 is 23.7 Å². The third kappa shape index (κ3) is 4.94. The van der Waals surface area contributed by atoms with Crippen LogP contribution >= 0.6 is 0 Å². The molecule has 2 aromatic rings. The van der Waals surface area contributed by atoms with Gasteiger partial charge in [-0.2, -0.15) is 0 Å². The average Bonchev–Trinajstić information content (AvgIpc) is 2.70. The van der Waals surface area contributed by atoms with E-state index in [2.05, 4.69) is 5.32 Å². The lowest BCUT2D eigenvalue weighted by Crippen LogP contribution is -2.45. The number of hydrogen-bond acceptors (Lipinski definition) is 5. The van der Waals surface area contributed by atoms with Crippen molar-refractivity contribution in [2.45, 2.75) is 51.4 Å². The van der Waals surface area contributed by atoms with Crippen molar-refractivity contribution in [3.8, 4) is 23.0 Å². The van der Waals surface area contributed by atoms with E-state index >= 15 is 0 Å². The van der Waals surface area contributed by atoms with Crippen LogP contribution in [-0.2, 0) is 4.79 Å². The normalized spacial score (nSPS) is 18.0. The number of nitrogens with one attached hydrogen (secondary N) is 1. The lowest BCUT2D eigenvalue weighted by atomic mass is 9.89. The van der Waals surface area contributed by atoms with E-state index in [1.165, 1.54) is 0 Å². The molecule has 29 heavy (non-hydrogen) atoms. The third-order valence-electron chi connectivity index (χ3n) is 5.00. The van der Waals surface area contributed by atoms with E-state index in [9.17, 15) is 4.79 Å². The van der Waals surface area contributed by atoms with E-state index in [0.29, 0.717) is 18.6 Å². The molecule has 1 aliphatic rings. The van der Waals surface area contributed by atoms with Gasteiger partial charge in [0.2, 0.25) is 0 Å². The summed E-state index contributed by atoms with van der Waals surface area (Å²) in [5, 5.41) is 3.15. The molecule has 1 N–H and O–H groups in total. The van der Waals surface area contributed by atoms with Crippen molar-refractivity contribution in [3.05, 3.63) is 48.0 Å². The molecule has 1 heterocycles. The highest BCUT2D eigenvalue weighted by Crippen LogP contribution is 2.41. The predicted octanol–water partition coefficient (Wildman–Crippen LogP) is 4.28. The van der Waals surface area contributed by atoms with Crippen molar-refractivity contribution in [1.29, 1.82) is 0 Å². The van der Waals surface area contributed by atoms with Crippen LogP contribution in [0.3, 0.4) is 0 Å². The number of methoxy groups -OCH3 is 2. The van der Waals surface area contributed by atoms with Crippen molar-refractivity contribution in [2.75, 3.05) is 14.2 Å². The van der Waals surface area contributed by atoms with E-state index in [-0.39, 0.29) is 11.9 Å². The van der Waals surface area contributed by atoms with Gasteiger partial charge < -0.3 is 24.3 Å². The monoisotopic (exact) mass is 399 g/mol. The highest BCUT2D eigenvalue weighted by Gasteiger charge is 2.36. The first-order valence-electron chi connectivity index (χ1n) is 9.83. The summed E-state index contributed by atoms with van der Waals surface area (Å²) in [5.41, 5.74) is 0.536. The van der Waals surface area contributed by atoms with Crippen molar-refractivity contribution in [2.24, 2.45) is 0 Å². The smallest absolute Gasteiger partial charge is 0.261 e. The zero-order chi connectivity index (χ0) is 21.0. The Balaban J connectivity index is 1.75. The lowest BCUT2D eigenvalue weighted by Gasteiger charge is -2.38. The van der Waals surface area contributed by atoms with Gasteiger partial charge in [0.15, 0.2) is 6.10 Å². The topological polar surface area (TPSA) is 66.0 Å². The highest BCUT2D eigenvalue weighted by molar-refractivity contribution is 5.81. The molecule has 0 fully saturated rings. The van der Waals surface area contributed by atoms with Crippen molar-refractivity contribution in [1.82, 2.24) is 5.32 Å². The van der Waals surface area contributed by atoms with Gasteiger partial charge in [-0.1, -0.05) is 6.92 Å². The summed E-state index contributed by atoms with van der Waals surface area (Å²) in [5.74, 6) is 2.68. The Hall–Kier alpha value is -2.89. The Morgan fingerprint density at radius 2 is 1.72 bits per heavy atom. The van der Waals surface area contributed by atoms with Crippen LogP contribution < -0.4 is 24.3 Å². The van der Waals surface area contributed by atoms with Gasteiger partial charge >= 0.3 is 0 Å². The summed E-state index contributed by atoms with van der Waals surface area (Å²) in [4.78, 5) is 13.0. The van der Waals surface area contributed by atoms with Gasteiger partial charge in [0.1, 0.15) is 28.6 Å². The molecule has 0 spiro atoms. The van der Waals surface area contributed by atoms with Crippen LogP contribution in [0.15, 0.2) is 42.5 Å². The molecule has 0 unspecified atom stereocenters. The maximum absolute atomic E-state index is 13.0. The average molecular weight is 399 g/mol. The van der Waals surface area contributed by atoms with Crippen LogP contribution in [0.1, 0.15) is 45.2 Å². The summed E-state index contributed by atoms with van der Waals surface area (Å²) in [7, 11) is 3.23. The second-order valence-electron chi connectivity index (χ2n) is 7.72. The Labute approximate surface area is 172 Å². The number of hydrogen-bond donors (Lipinski definition) is 1. The van der Waals surface area contributed by atoms with Crippen LogP contribution in [0.25, 0.3) is 0 Å². The van der Waals surface area contributed by atoms with Crippen molar-refractivity contribution in [3.63, 3.8) is 0 Å². The fourth-order valence-corrected chi connectivity index (χ4v) is 3.49. The van der Waals surface area contributed by atoms with Gasteiger partial charge in [0.25, 0.3) is 5.91 Å². The molecule has 6 heteroatoms. The molecule has 3 rings (SSSR count). The highest BCUT2D eigenvalue weighted by atomic mass is 16.5. The number of benzene rings is 2. The maximum Gasteiger partial charge on any atom is 0.261 e. The van der Waals surface area contributed by atoms with E-state index in [0.717, 1.165) is 22.8 Å². The van der Waals surface area contributed by atoms with Crippen molar-refractivity contribution >= 4 is 5.91 Å². The Morgan fingerprint density at radius 3 is 2.34 bits per heavy atom. The standard InChI is InChI=1S/C23H29NO5/c1-6-20(28-16-9-7-15(26-4)8-10-16)22(25)24-19-14-23(2,3)29-21-13-17(27-5)11-12-18(19)21/h7-13,19-20H,6,14H2,1-5H3,(H,24,25)/t19-,20+/m0/s1. The number of rotatable bonds is 7. The molecular formula is C23H29NO5. The van der Waals surface area contributed by atoms with Crippen LogP contribution in [-0.4, -0.2) is 31.8 Å². The zero-order valence-electron chi connectivity index (χ0n) is 17.7. The van der Waals surface area contributed by atoms with E-state index in [1.54, 1.807) is 26.4 Å². The lowest BCUT2D eigenvalue weighted by molar-refractivity contribution is -0.129. The number of ether oxygens (including phenoxy) is 4. The first-order valence-corrected chi connectivity index (χ1v) is 9.83. The summed E-state index contributed by atoms with van der Waals surface area (Å²) < 4.78 is 22.5. The second-order valence-corrected chi connectivity index (χ2v) is 7.72. The van der Waals surface area contributed by atoms with E-state index < -0.39 is 11.7 Å². The molecule has 2 aromatic carbocycles. The summed E-state index contributed by atoms with van der Waals surface area (Å²) in [6.45, 7) is 5.96. The van der Waals surface area contributed by atoms with Crippen LogP contribution in [0.5, 0.6) is 23.0 Å². The Morgan fingerprint density at radius 1 is 1.10 bits per heavy atom. The largest absolute Gasteiger partial charge is 0.497 e. The minimum Gasteiger partial charge on any atom is -0.497 e. The second kappa shape index (κ2) is 8.64. The van der Waals surface area contributed by atoms with Gasteiger partial charge in [0.05, 0.1) is 20.3 Å². The molecule has 0 aromatic heterocycles. The predicted molar refractivity (Wildman–Crippen MR) is 111 cm³/mol. The number of carbonyl (C=O) groups excluding carboxylic acids is 1. The van der Waals surface area contributed by atoms with Crippen LogP contribution in [0, 0.1) is 0 Å². The molecule has 2 atom stereocenters. The summed E-state index contributed by atoms with van der Waals surface area (Å²) >= 11 is 0. The fourth-order valence-electron chi connectivity index (χ4n) is 3.49. The zero-order valence-corrected chi connectivity index (χ0v) is 17.7. The number of carbonyl (C=O) groups is 1. The minimum absolute atomic E-state index is 0.146. The molecular weight excluding hydrogens is 370 g/mol. The molecule has 1 aliphatic heterocycles. The molecule has 0 bridgehead atoms. The summed E-state index contributed by atoms with van der Waals surface area (Å²) in [6, 6.07) is 12.7. The van der Waals surface area contributed by atoms with Gasteiger partial charge in [-0.15, -0.1) is 0 Å². The first-order chi connectivity index (χ1) is 13.8. The van der Waals surface area contributed by atoms with Gasteiger partial charge in [0, 0.05) is 18.1 Å². The molecule has 1 amide bonds. The minimum atomic E-state index is -0.587. The number of fused-ring (bicyclic) bond motifs is 1. The Kier molecular flexibility index (Phi) is 6.20. The molecule has 156 valence electrons. The molecule has 0 aliphatic carbocycles. The fraction of sp³-hybridized carbons (Fsp3) is 0.435. The number of amides is 1. The van der Waals surface area contributed by atoms with Crippen LogP contribution in [0.4, 0.5) is 0 Å². The first kappa shape index (κ1) is 20.8. The van der Waals surface area contributed by atoms with Gasteiger partial charge in [-0.3, -0.25) is 4.79 Å². The maximum atomic E-state index is 13.0. The van der Waals surface area contributed by atoms with Gasteiger partial charge in [-0.25, -0.2) is 0 Å². The van der Waals surface area contributed by atoms with Gasteiger partial charge in [-0.05, 0) is 56.7 Å². The molecule has 6 nitrogen and oxygen atoms in total. The Bertz CT molecular complexity index is 847. The summed E-state index contributed by atoms with van der Waals surface area (Å²) in [6.07, 6.45) is 0.632. The van der Waals surface area contributed by atoms with E-state index in [1.807, 2.05) is 51.1 Å². The molecule has 0 saturated heterocycles. The quantitative estimate of drug-likeness (QED) is 0.753. The molecule has 0 saturated carbocycles. The SMILES string of the molecule is CC[C@@H](Oc1ccc(OC)cc1)C(=O)N[C@H]1CC(C)(C)Oc2cc(OC)ccc21.